The zero-order valence-electron chi connectivity index (χ0n) is 9.81. The van der Waals surface area contributed by atoms with E-state index in [1.165, 1.54) is 6.33 Å². The van der Waals surface area contributed by atoms with Crippen LogP contribution in [0.25, 0.3) is 0 Å². The molecule has 0 aromatic carbocycles. The van der Waals surface area contributed by atoms with Crippen molar-refractivity contribution in [2.45, 2.75) is 32.4 Å². The average Bonchev–Trinajstić information content (AvgIpc) is 2.88. The van der Waals surface area contributed by atoms with Crippen LogP contribution in [-0.2, 0) is 13.0 Å². The topological polar surface area (TPSA) is 64.1 Å². The van der Waals surface area contributed by atoms with Gasteiger partial charge in [0.2, 0.25) is 0 Å². The van der Waals surface area contributed by atoms with Crippen molar-refractivity contribution in [1.82, 2.24) is 14.8 Å². The van der Waals surface area contributed by atoms with Crippen LogP contribution in [-0.4, -0.2) is 19.9 Å². The number of hydrogen-bond donors (Lipinski definition) is 1. The molecule has 0 amide bonds. The molecule has 2 aromatic heterocycles. The van der Waals surface area contributed by atoms with Crippen LogP contribution in [0.15, 0.2) is 26.0 Å². The van der Waals surface area contributed by atoms with Gasteiger partial charge >= 0.3 is 0 Å². The molecule has 2 rings (SSSR count). The maximum Gasteiger partial charge on any atom is 0.183 e. The van der Waals surface area contributed by atoms with Gasteiger partial charge in [-0.2, -0.15) is 5.10 Å². The Balaban J connectivity index is 2.10. The van der Waals surface area contributed by atoms with Crippen molar-refractivity contribution in [3.63, 3.8) is 0 Å². The highest BCUT2D eigenvalue weighted by Gasteiger charge is 2.18. The van der Waals surface area contributed by atoms with E-state index in [1.807, 2.05) is 0 Å². The molecule has 2 heterocycles. The molecule has 0 aliphatic heterocycles. The monoisotopic (exact) mass is 377 g/mol. The summed E-state index contributed by atoms with van der Waals surface area (Å²) in [6, 6.07) is 1.75. The predicted molar refractivity (Wildman–Crippen MR) is 73.1 cm³/mol. The Morgan fingerprint density at radius 2 is 2.28 bits per heavy atom. The predicted octanol–water partition coefficient (Wildman–Crippen LogP) is 3.08. The van der Waals surface area contributed by atoms with E-state index in [-0.39, 0.29) is 0 Å². The Kier molecular flexibility index (Phi) is 4.58. The number of aryl methyl sites for hydroxylation is 1. The Hall–Kier alpha value is -0.660. The largest absolute Gasteiger partial charge is 0.450 e. The summed E-state index contributed by atoms with van der Waals surface area (Å²) in [6.07, 6.45) is 2.13. The highest BCUT2D eigenvalue weighted by atomic mass is 79.9. The third kappa shape index (κ3) is 3.02. The molecule has 0 radical (unpaired) electrons. The summed E-state index contributed by atoms with van der Waals surface area (Å²) >= 11 is 6.56. The van der Waals surface area contributed by atoms with Gasteiger partial charge < -0.3 is 9.52 Å². The lowest BCUT2D eigenvalue weighted by atomic mass is 10.2. The van der Waals surface area contributed by atoms with Crippen LogP contribution in [0.1, 0.15) is 31.0 Å². The minimum Gasteiger partial charge on any atom is -0.450 e. The van der Waals surface area contributed by atoms with Crippen LogP contribution in [0.5, 0.6) is 0 Å². The Bertz CT molecular complexity index is 505. The molecule has 5 nitrogen and oxygen atoms in total. The zero-order valence-corrected chi connectivity index (χ0v) is 13.0. The highest BCUT2D eigenvalue weighted by molar-refractivity contribution is 9.13. The Morgan fingerprint density at radius 3 is 2.89 bits per heavy atom. The summed E-state index contributed by atoms with van der Waals surface area (Å²) in [7, 11) is 0. The maximum atomic E-state index is 10.1. The molecular formula is C11H13Br2N3O2. The van der Waals surface area contributed by atoms with Gasteiger partial charge in [-0.3, -0.25) is 4.68 Å². The van der Waals surface area contributed by atoms with Gasteiger partial charge in [0.25, 0.3) is 0 Å². The molecule has 0 spiro atoms. The molecule has 2 aromatic rings. The second-order valence-electron chi connectivity index (χ2n) is 3.89. The van der Waals surface area contributed by atoms with Gasteiger partial charge in [0.15, 0.2) is 4.67 Å². The molecule has 0 saturated heterocycles. The Labute approximate surface area is 121 Å². The lowest BCUT2D eigenvalue weighted by molar-refractivity contribution is 0.145. The first kappa shape index (κ1) is 13.8. The van der Waals surface area contributed by atoms with Gasteiger partial charge in [0.1, 0.15) is 24.0 Å². The van der Waals surface area contributed by atoms with Gasteiger partial charge in [-0.05, 0) is 44.3 Å². The molecule has 0 bridgehead atoms. The molecule has 1 atom stereocenters. The smallest absolute Gasteiger partial charge is 0.183 e. The number of aliphatic hydroxyl groups excluding tert-OH is 1. The summed E-state index contributed by atoms with van der Waals surface area (Å²) < 4.78 is 8.55. The minimum atomic E-state index is -0.729. The third-order valence-electron chi connectivity index (χ3n) is 2.50. The summed E-state index contributed by atoms with van der Waals surface area (Å²) in [5, 5.41) is 14.2. The SMILES string of the molecule is CCCn1ncnc1CC(O)c1cc(Br)c(Br)o1. The minimum absolute atomic E-state index is 0.381. The molecule has 98 valence electrons. The Morgan fingerprint density at radius 1 is 1.50 bits per heavy atom. The number of hydrogen-bond acceptors (Lipinski definition) is 4. The summed E-state index contributed by atoms with van der Waals surface area (Å²) in [5.41, 5.74) is 0. The number of halogens is 2. The average molecular weight is 379 g/mol. The van der Waals surface area contributed by atoms with Crippen molar-refractivity contribution in [2.75, 3.05) is 0 Å². The standard InChI is InChI=1S/C11H13Br2N3O2/c1-2-3-16-10(14-6-15-16)5-8(17)9-4-7(12)11(13)18-9/h4,6,8,17H,2-3,5H2,1H3. The first-order valence-electron chi connectivity index (χ1n) is 5.61. The van der Waals surface area contributed by atoms with E-state index < -0.39 is 6.10 Å². The van der Waals surface area contributed by atoms with E-state index in [4.69, 9.17) is 4.42 Å². The second-order valence-corrected chi connectivity index (χ2v) is 5.46. The van der Waals surface area contributed by atoms with Gasteiger partial charge in [-0.1, -0.05) is 6.92 Å². The number of furan rings is 1. The molecule has 1 unspecified atom stereocenters. The van der Waals surface area contributed by atoms with Crippen molar-refractivity contribution < 1.29 is 9.52 Å². The fraction of sp³-hybridized carbons (Fsp3) is 0.455. The van der Waals surface area contributed by atoms with E-state index >= 15 is 0 Å². The molecule has 0 fully saturated rings. The van der Waals surface area contributed by atoms with E-state index in [1.54, 1.807) is 10.7 Å². The summed E-state index contributed by atoms with van der Waals surface area (Å²) in [6.45, 7) is 2.87. The lowest BCUT2D eigenvalue weighted by Crippen LogP contribution is -2.10. The van der Waals surface area contributed by atoms with E-state index in [9.17, 15) is 5.11 Å². The molecule has 0 saturated carbocycles. The normalized spacial score (nSPS) is 12.9. The van der Waals surface area contributed by atoms with Crippen molar-refractivity contribution in [3.05, 3.63) is 33.1 Å². The molecular weight excluding hydrogens is 366 g/mol. The first-order valence-corrected chi connectivity index (χ1v) is 7.20. The summed E-state index contributed by atoms with van der Waals surface area (Å²) in [5.74, 6) is 1.26. The second kappa shape index (κ2) is 5.99. The molecule has 7 heteroatoms. The molecule has 18 heavy (non-hydrogen) atoms. The fourth-order valence-electron chi connectivity index (χ4n) is 1.65. The fourth-order valence-corrected chi connectivity index (χ4v) is 2.25. The van der Waals surface area contributed by atoms with Gasteiger partial charge in [-0.25, -0.2) is 4.98 Å². The van der Waals surface area contributed by atoms with E-state index in [2.05, 4.69) is 48.9 Å². The first-order chi connectivity index (χ1) is 8.61. The molecule has 0 aliphatic carbocycles. The quantitative estimate of drug-likeness (QED) is 0.868. The number of rotatable bonds is 5. The van der Waals surface area contributed by atoms with E-state index in [0.29, 0.717) is 16.9 Å². The molecule has 1 N–H and O–H groups in total. The molecule has 0 aliphatic rings. The summed E-state index contributed by atoms with van der Waals surface area (Å²) in [4.78, 5) is 4.16. The van der Waals surface area contributed by atoms with Crippen LogP contribution < -0.4 is 0 Å². The van der Waals surface area contributed by atoms with Crippen LogP contribution in [0.4, 0.5) is 0 Å². The van der Waals surface area contributed by atoms with E-state index in [0.717, 1.165) is 23.3 Å². The van der Waals surface area contributed by atoms with Crippen LogP contribution in [0.2, 0.25) is 0 Å². The van der Waals surface area contributed by atoms with Gasteiger partial charge in [0.05, 0.1) is 4.47 Å². The third-order valence-corrected chi connectivity index (χ3v) is 4.21. The van der Waals surface area contributed by atoms with Gasteiger partial charge in [0, 0.05) is 13.0 Å². The lowest BCUT2D eigenvalue weighted by Gasteiger charge is -2.08. The van der Waals surface area contributed by atoms with Crippen molar-refractivity contribution in [3.8, 4) is 0 Å². The van der Waals surface area contributed by atoms with Crippen molar-refractivity contribution in [2.24, 2.45) is 0 Å². The van der Waals surface area contributed by atoms with Crippen molar-refractivity contribution in [1.29, 1.82) is 0 Å². The number of aromatic nitrogens is 3. The van der Waals surface area contributed by atoms with Crippen LogP contribution in [0, 0.1) is 0 Å². The number of aliphatic hydroxyl groups is 1. The van der Waals surface area contributed by atoms with Gasteiger partial charge in [-0.15, -0.1) is 0 Å². The number of nitrogens with zero attached hydrogens (tertiary/aromatic N) is 3. The maximum absolute atomic E-state index is 10.1. The van der Waals surface area contributed by atoms with Crippen molar-refractivity contribution >= 4 is 31.9 Å². The van der Waals surface area contributed by atoms with Crippen LogP contribution >= 0.6 is 31.9 Å². The highest BCUT2D eigenvalue weighted by Crippen LogP contribution is 2.30. The van der Waals surface area contributed by atoms with Crippen LogP contribution in [0.3, 0.4) is 0 Å². The zero-order chi connectivity index (χ0) is 13.1.